The lowest BCUT2D eigenvalue weighted by molar-refractivity contribution is 0.320. The van der Waals surface area contributed by atoms with E-state index in [1.807, 2.05) is 0 Å². The van der Waals surface area contributed by atoms with Gasteiger partial charge in [0.25, 0.3) is 0 Å². The summed E-state index contributed by atoms with van der Waals surface area (Å²) in [5.41, 5.74) is 3.73. The van der Waals surface area contributed by atoms with E-state index in [4.69, 9.17) is 0 Å². The summed E-state index contributed by atoms with van der Waals surface area (Å²) in [7, 11) is 0. The van der Waals surface area contributed by atoms with Crippen LogP contribution < -0.4 is 5.32 Å². The van der Waals surface area contributed by atoms with Gasteiger partial charge in [0.05, 0.1) is 5.69 Å². The van der Waals surface area contributed by atoms with E-state index in [0.29, 0.717) is 6.04 Å². The molecule has 128 valence electrons. The highest BCUT2D eigenvalue weighted by Gasteiger charge is 2.21. The van der Waals surface area contributed by atoms with Gasteiger partial charge in [-0.2, -0.15) is 5.10 Å². The van der Waals surface area contributed by atoms with Gasteiger partial charge in [-0.25, -0.2) is 9.67 Å². The third-order valence-corrected chi connectivity index (χ3v) is 4.74. The molecule has 0 spiro atoms. The first kappa shape index (κ1) is 16.0. The number of benzene rings is 2. The monoisotopic (exact) mass is 333 g/mol. The van der Waals surface area contributed by atoms with Crippen LogP contribution in [-0.2, 0) is 13.1 Å². The van der Waals surface area contributed by atoms with Crippen LogP contribution in [0.4, 0.5) is 0 Å². The first-order valence-electron chi connectivity index (χ1n) is 8.80. The molecule has 1 aliphatic rings. The van der Waals surface area contributed by atoms with Gasteiger partial charge < -0.3 is 5.32 Å². The molecule has 25 heavy (non-hydrogen) atoms. The van der Waals surface area contributed by atoms with Gasteiger partial charge in [-0.15, -0.1) is 0 Å². The van der Waals surface area contributed by atoms with E-state index >= 15 is 0 Å². The Morgan fingerprint density at radius 2 is 1.84 bits per heavy atom. The highest BCUT2D eigenvalue weighted by molar-refractivity contribution is 5.33. The number of rotatable bonds is 6. The Bertz CT molecular complexity index is 768. The van der Waals surface area contributed by atoms with Crippen molar-refractivity contribution in [3.05, 3.63) is 78.4 Å². The highest BCUT2D eigenvalue weighted by atomic mass is 15.3. The molecule has 1 aliphatic heterocycles. The molecule has 5 heteroatoms. The third kappa shape index (κ3) is 4.13. The predicted octanol–water partition coefficient (Wildman–Crippen LogP) is 2.63. The lowest BCUT2D eigenvalue weighted by atomic mass is 10.2. The molecule has 2 heterocycles. The van der Waals surface area contributed by atoms with Gasteiger partial charge in [-0.3, -0.25) is 4.90 Å². The Balaban J connectivity index is 1.26. The van der Waals surface area contributed by atoms with E-state index in [-0.39, 0.29) is 0 Å². The molecule has 1 N–H and O–H groups in total. The van der Waals surface area contributed by atoms with Crippen molar-refractivity contribution in [2.75, 3.05) is 13.1 Å². The van der Waals surface area contributed by atoms with Crippen molar-refractivity contribution in [1.29, 1.82) is 0 Å². The quantitative estimate of drug-likeness (QED) is 0.753. The average Bonchev–Trinajstić information content (AvgIpc) is 3.33. The maximum Gasteiger partial charge on any atom is 0.138 e. The normalized spacial score (nSPS) is 17.8. The Morgan fingerprint density at radius 3 is 2.60 bits per heavy atom. The van der Waals surface area contributed by atoms with E-state index in [2.05, 4.69) is 74.9 Å². The van der Waals surface area contributed by atoms with Crippen LogP contribution in [0.25, 0.3) is 5.69 Å². The zero-order valence-corrected chi connectivity index (χ0v) is 14.3. The van der Waals surface area contributed by atoms with Crippen LogP contribution in [0.5, 0.6) is 0 Å². The summed E-state index contributed by atoms with van der Waals surface area (Å²) in [5.74, 6) is 0. The lowest BCUT2D eigenvalue weighted by Crippen LogP contribution is -2.31. The molecule has 4 rings (SSSR count). The van der Waals surface area contributed by atoms with E-state index < -0.39 is 0 Å². The van der Waals surface area contributed by atoms with Gasteiger partial charge in [0.2, 0.25) is 0 Å². The summed E-state index contributed by atoms with van der Waals surface area (Å²) in [5, 5.41) is 7.84. The van der Waals surface area contributed by atoms with Crippen LogP contribution in [0.2, 0.25) is 0 Å². The van der Waals surface area contributed by atoms with Crippen molar-refractivity contribution in [1.82, 2.24) is 25.0 Å². The topological polar surface area (TPSA) is 46.0 Å². The summed E-state index contributed by atoms with van der Waals surface area (Å²) < 4.78 is 1.77. The molecule has 0 amide bonds. The second-order valence-corrected chi connectivity index (χ2v) is 6.59. The first-order chi connectivity index (χ1) is 12.4. The van der Waals surface area contributed by atoms with Crippen molar-refractivity contribution in [2.45, 2.75) is 25.6 Å². The second kappa shape index (κ2) is 7.59. The van der Waals surface area contributed by atoms with Crippen LogP contribution in [0.3, 0.4) is 0 Å². The number of nitrogens with one attached hydrogen (secondary N) is 1. The Kier molecular flexibility index (Phi) is 4.86. The minimum absolute atomic E-state index is 0.568. The van der Waals surface area contributed by atoms with Gasteiger partial charge in [0, 0.05) is 32.2 Å². The molecule has 0 aliphatic carbocycles. The zero-order chi connectivity index (χ0) is 16.9. The van der Waals surface area contributed by atoms with Crippen LogP contribution in [0.1, 0.15) is 17.5 Å². The van der Waals surface area contributed by atoms with Crippen molar-refractivity contribution >= 4 is 0 Å². The number of hydrogen-bond donors (Lipinski definition) is 1. The largest absolute Gasteiger partial charge is 0.309 e. The lowest BCUT2D eigenvalue weighted by Gasteiger charge is -2.17. The standard InChI is InChI=1S/C20H23N5/c1-2-4-18(5-3-1)13-24-11-10-19(14-24)22-12-17-6-8-20(9-7-17)25-16-21-15-23-25/h1-9,15-16,19,22H,10-14H2/t19-/m0/s1. The Morgan fingerprint density at radius 1 is 1.00 bits per heavy atom. The summed E-state index contributed by atoms with van der Waals surface area (Å²) in [6, 6.07) is 19.8. The summed E-state index contributed by atoms with van der Waals surface area (Å²) >= 11 is 0. The van der Waals surface area contributed by atoms with Crippen molar-refractivity contribution in [2.24, 2.45) is 0 Å². The van der Waals surface area contributed by atoms with E-state index in [0.717, 1.165) is 31.9 Å². The molecule has 0 unspecified atom stereocenters. The first-order valence-corrected chi connectivity index (χ1v) is 8.80. The summed E-state index contributed by atoms with van der Waals surface area (Å²) in [6.07, 6.45) is 4.48. The number of nitrogens with zero attached hydrogens (tertiary/aromatic N) is 4. The number of likely N-dealkylation sites (tertiary alicyclic amines) is 1. The molecule has 1 fully saturated rings. The Labute approximate surface area is 148 Å². The van der Waals surface area contributed by atoms with Crippen molar-refractivity contribution in [3.8, 4) is 5.69 Å². The van der Waals surface area contributed by atoms with Crippen LogP contribution in [0, 0.1) is 0 Å². The van der Waals surface area contributed by atoms with Gasteiger partial charge in [0.15, 0.2) is 0 Å². The van der Waals surface area contributed by atoms with E-state index in [9.17, 15) is 0 Å². The van der Waals surface area contributed by atoms with E-state index in [1.54, 1.807) is 17.3 Å². The fraction of sp³-hybridized carbons (Fsp3) is 0.300. The minimum atomic E-state index is 0.568. The van der Waals surface area contributed by atoms with Crippen LogP contribution >= 0.6 is 0 Å². The smallest absolute Gasteiger partial charge is 0.138 e. The molecule has 0 radical (unpaired) electrons. The number of hydrogen-bond acceptors (Lipinski definition) is 4. The maximum atomic E-state index is 4.15. The molecule has 5 nitrogen and oxygen atoms in total. The van der Waals surface area contributed by atoms with Crippen molar-refractivity contribution in [3.63, 3.8) is 0 Å². The summed E-state index contributed by atoms with van der Waals surface area (Å²) in [4.78, 5) is 6.51. The zero-order valence-electron chi connectivity index (χ0n) is 14.3. The van der Waals surface area contributed by atoms with Gasteiger partial charge in [-0.1, -0.05) is 42.5 Å². The van der Waals surface area contributed by atoms with Crippen LogP contribution in [-0.4, -0.2) is 38.8 Å². The molecule has 0 saturated carbocycles. The molecule has 1 saturated heterocycles. The van der Waals surface area contributed by atoms with Crippen molar-refractivity contribution < 1.29 is 0 Å². The minimum Gasteiger partial charge on any atom is -0.309 e. The maximum absolute atomic E-state index is 4.15. The average molecular weight is 333 g/mol. The van der Waals surface area contributed by atoms with Gasteiger partial charge in [0.1, 0.15) is 12.7 Å². The third-order valence-electron chi connectivity index (χ3n) is 4.74. The van der Waals surface area contributed by atoms with Gasteiger partial charge in [-0.05, 0) is 29.7 Å². The summed E-state index contributed by atoms with van der Waals surface area (Å²) in [6.45, 7) is 4.23. The molecule has 3 aromatic rings. The van der Waals surface area contributed by atoms with E-state index in [1.165, 1.54) is 17.5 Å². The second-order valence-electron chi connectivity index (χ2n) is 6.59. The van der Waals surface area contributed by atoms with Crippen LogP contribution in [0.15, 0.2) is 67.3 Å². The predicted molar refractivity (Wildman–Crippen MR) is 98.3 cm³/mol. The Hall–Kier alpha value is -2.50. The molecular formula is C20H23N5. The molecular weight excluding hydrogens is 310 g/mol. The van der Waals surface area contributed by atoms with Gasteiger partial charge >= 0.3 is 0 Å². The molecule has 2 aromatic carbocycles. The number of aromatic nitrogens is 3. The molecule has 1 aromatic heterocycles. The fourth-order valence-electron chi connectivity index (χ4n) is 3.35. The SMILES string of the molecule is c1ccc(CN2CC[C@H](NCc3ccc(-n4cncn4)cc3)C2)cc1. The molecule has 0 bridgehead atoms. The fourth-order valence-corrected chi connectivity index (χ4v) is 3.35. The molecule has 1 atom stereocenters. The highest BCUT2D eigenvalue weighted by Crippen LogP contribution is 2.14.